The van der Waals surface area contributed by atoms with Crippen LogP contribution in [0.25, 0.3) is 0 Å². The van der Waals surface area contributed by atoms with Gasteiger partial charge in [-0.05, 0) is 24.8 Å². The van der Waals surface area contributed by atoms with Crippen molar-refractivity contribution in [1.29, 1.82) is 0 Å². The molecule has 2 aromatic rings. The lowest BCUT2D eigenvalue weighted by atomic mass is 9.97. The van der Waals surface area contributed by atoms with E-state index in [0.717, 1.165) is 12.0 Å². The summed E-state index contributed by atoms with van der Waals surface area (Å²) in [6, 6.07) is 9.91. The Hall–Kier alpha value is -2.35. The van der Waals surface area contributed by atoms with Gasteiger partial charge in [0.05, 0.1) is 11.8 Å². The van der Waals surface area contributed by atoms with Crippen LogP contribution in [0.4, 0.5) is 0 Å². The third-order valence-electron chi connectivity index (χ3n) is 3.79. The normalized spacial score (nSPS) is 12.2. The molecule has 3 N–H and O–H groups in total. The Morgan fingerprint density at radius 3 is 2.54 bits per heavy atom. The van der Waals surface area contributed by atoms with Crippen molar-refractivity contribution >= 4 is 23.6 Å². The molecule has 1 heterocycles. The molecular formula is C18H25N5O2S. The highest BCUT2D eigenvalue weighted by atomic mass is 32.2. The second-order valence-corrected chi connectivity index (χ2v) is 7.47. The number of carbonyl (C=O) groups is 2. The maximum absolute atomic E-state index is 12.4. The lowest BCUT2D eigenvalue weighted by Gasteiger charge is -2.21. The molecule has 0 radical (unpaired) electrons. The highest BCUT2D eigenvalue weighted by molar-refractivity contribution is 7.99. The molecule has 0 aliphatic rings. The number of aromatic nitrogens is 3. The van der Waals surface area contributed by atoms with Crippen molar-refractivity contribution < 1.29 is 9.59 Å². The first-order valence-corrected chi connectivity index (χ1v) is 9.50. The molecule has 2 rings (SSSR count). The minimum atomic E-state index is -0.472. The Morgan fingerprint density at radius 2 is 1.92 bits per heavy atom. The molecule has 0 aliphatic carbocycles. The summed E-state index contributed by atoms with van der Waals surface area (Å²) in [4.78, 5) is 23.6. The highest BCUT2D eigenvalue weighted by Crippen LogP contribution is 2.22. The summed E-state index contributed by atoms with van der Waals surface area (Å²) in [6.07, 6.45) is 0.859. The second kappa shape index (κ2) is 9.38. The van der Waals surface area contributed by atoms with E-state index in [1.807, 2.05) is 30.3 Å². The van der Waals surface area contributed by atoms with Crippen LogP contribution in [-0.4, -0.2) is 32.3 Å². The average molecular weight is 375 g/mol. The lowest BCUT2D eigenvalue weighted by Crippen LogP contribution is -2.31. The molecule has 0 aliphatic heterocycles. The summed E-state index contributed by atoms with van der Waals surface area (Å²) in [5, 5.41) is 11.6. The molecule has 1 unspecified atom stereocenters. The SMILES string of the molecule is Cc1nnc(SCC(=O)NC(CC(C)C)c2ccccc2)n1CC(N)=O. The third-order valence-corrected chi connectivity index (χ3v) is 4.76. The molecule has 26 heavy (non-hydrogen) atoms. The number of rotatable bonds is 9. The standard InChI is InChI=1S/C18H25N5O2S/c1-12(2)9-15(14-7-5-4-6-8-14)20-17(25)11-26-18-22-21-13(3)23(18)10-16(19)24/h4-8,12,15H,9-11H2,1-3H3,(H2,19,24)(H,20,25). The first kappa shape index (κ1) is 20.0. The Kier molecular flexibility index (Phi) is 7.20. The average Bonchev–Trinajstić information content (AvgIpc) is 2.92. The molecule has 140 valence electrons. The van der Waals surface area contributed by atoms with Gasteiger partial charge < -0.3 is 11.1 Å². The van der Waals surface area contributed by atoms with Crippen LogP contribution in [0.5, 0.6) is 0 Å². The number of nitrogens with one attached hydrogen (secondary N) is 1. The fraction of sp³-hybridized carbons (Fsp3) is 0.444. The van der Waals surface area contributed by atoms with Gasteiger partial charge in [0.15, 0.2) is 5.16 Å². The van der Waals surface area contributed by atoms with Crippen molar-refractivity contribution in [3.8, 4) is 0 Å². The zero-order valence-electron chi connectivity index (χ0n) is 15.3. The van der Waals surface area contributed by atoms with E-state index in [1.165, 1.54) is 11.8 Å². The number of thioether (sulfide) groups is 1. The van der Waals surface area contributed by atoms with Gasteiger partial charge in [0.1, 0.15) is 12.4 Å². The second-order valence-electron chi connectivity index (χ2n) is 6.53. The van der Waals surface area contributed by atoms with E-state index in [9.17, 15) is 9.59 Å². The number of hydrogen-bond acceptors (Lipinski definition) is 5. The predicted octanol–water partition coefficient (Wildman–Crippen LogP) is 2.07. The molecular weight excluding hydrogens is 350 g/mol. The van der Waals surface area contributed by atoms with Crippen LogP contribution < -0.4 is 11.1 Å². The largest absolute Gasteiger partial charge is 0.368 e. The van der Waals surface area contributed by atoms with Crippen LogP contribution in [0.15, 0.2) is 35.5 Å². The number of primary amides is 1. The number of hydrogen-bond donors (Lipinski definition) is 2. The number of nitrogens with zero attached hydrogens (tertiary/aromatic N) is 3. The summed E-state index contributed by atoms with van der Waals surface area (Å²) < 4.78 is 1.61. The molecule has 8 heteroatoms. The highest BCUT2D eigenvalue weighted by Gasteiger charge is 2.18. The number of amides is 2. The van der Waals surface area contributed by atoms with Crippen molar-refractivity contribution in [3.63, 3.8) is 0 Å². The molecule has 7 nitrogen and oxygen atoms in total. The maximum Gasteiger partial charge on any atom is 0.237 e. The van der Waals surface area contributed by atoms with E-state index in [-0.39, 0.29) is 24.2 Å². The van der Waals surface area contributed by atoms with Gasteiger partial charge >= 0.3 is 0 Å². The third kappa shape index (κ3) is 5.87. The number of nitrogens with two attached hydrogens (primary N) is 1. The van der Waals surface area contributed by atoms with Gasteiger partial charge in [0.2, 0.25) is 11.8 Å². The van der Waals surface area contributed by atoms with Gasteiger partial charge in [0, 0.05) is 0 Å². The monoisotopic (exact) mass is 375 g/mol. The van der Waals surface area contributed by atoms with Crippen molar-refractivity contribution in [2.75, 3.05) is 5.75 Å². The summed E-state index contributed by atoms with van der Waals surface area (Å²) in [7, 11) is 0. The van der Waals surface area contributed by atoms with Crippen LogP contribution in [0.1, 0.15) is 37.7 Å². The summed E-state index contributed by atoms with van der Waals surface area (Å²) in [5.74, 6) is 0.678. The van der Waals surface area contributed by atoms with Crippen LogP contribution in [0.2, 0.25) is 0 Å². The maximum atomic E-state index is 12.4. The molecule has 0 fully saturated rings. The van der Waals surface area contributed by atoms with Gasteiger partial charge in [-0.3, -0.25) is 14.2 Å². The summed E-state index contributed by atoms with van der Waals surface area (Å²) >= 11 is 1.24. The Balaban J connectivity index is 1.99. The lowest BCUT2D eigenvalue weighted by molar-refractivity contribution is -0.119. The van der Waals surface area contributed by atoms with Crippen LogP contribution >= 0.6 is 11.8 Å². The van der Waals surface area contributed by atoms with E-state index < -0.39 is 5.91 Å². The molecule has 0 saturated heterocycles. The van der Waals surface area contributed by atoms with Crippen LogP contribution in [0, 0.1) is 12.8 Å². The number of aryl methyl sites for hydroxylation is 1. The Labute approximate surface area is 157 Å². The minimum absolute atomic E-state index is 0.00275. The quantitative estimate of drug-likeness (QED) is 0.653. The van der Waals surface area contributed by atoms with Crippen LogP contribution in [-0.2, 0) is 16.1 Å². The van der Waals surface area contributed by atoms with Gasteiger partial charge in [-0.25, -0.2) is 0 Å². The summed E-state index contributed by atoms with van der Waals surface area (Å²) in [5.41, 5.74) is 6.34. The minimum Gasteiger partial charge on any atom is -0.368 e. The molecule has 1 aromatic carbocycles. The fourth-order valence-electron chi connectivity index (χ4n) is 2.61. The van der Waals surface area contributed by atoms with E-state index in [2.05, 4.69) is 29.4 Å². The van der Waals surface area contributed by atoms with E-state index in [0.29, 0.717) is 16.9 Å². The van der Waals surface area contributed by atoms with E-state index >= 15 is 0 Å². The van der Waals surface area contributed by atoms with Crippen molar-refractivity contribution in [2.45, 2.75) is 44.9 Å². The Bertz CT molecular complexity index is 745. The van der Waals surface area contributed by atoms with Crippen molar-refractivity contribution in [3.05, 3.63) is 41.7 Å². The molecule has 2 amide bonds. The smallest absolute Gasteiger partial charge is 0.237 e. The zero-order valence-corrected chi connectivity index (χ0v) is 16.1. The van der Waals surface area contributed by atoms with Gasteiger partial charge in [0.25, 0.3) is 0 Å². The van der Waals surface area contributed by atoms with Gasteiger partial charge in [-0.1, -0.05) is 55.9 Å². The molecule has 0 spiro atoms. The summed E-state index contributed by atoms with van der Waals surface area (Å²) in [6.45, 7) is 6.01. The zero-order chi connectivity index (χ0) is 19.1. The molecule has 1 atom stereocenters. The number of carbonyl (C=O) groups excluding carboxylic acids is 2. The topological polar surface area (TPSA) is 103 Å². The first-order chi connectivity index (χ1) is 12.4. The van der Waals surface area contributed by atoms with E-state index in [4.69, 9.17) is 5.73 Å². The molecule has 0 bridgehead atoms. The van der Waals surface area contributed by atoms with E-state index in [1.54, 1.807) is 11.5 Å². The molecule has 1 aromatic heterocycles. The predicted molar refractivity (Wildman–Crippen MR) is 101 cm³/mol. The van der Waals surface area contributed by atoms with Crippen LogP contribution in [0.3, 0.4) is 0 Å². The van der Waals surface area contributed by atoms with Gasteiger partial charge in [-0.15, -0.1) is 10.2 Å². The fourth-order valence-corrected chi connectivity index (χ4v) is 3.40. The first-order valence-electron chi connectivity index (χ1n) is 8.52. The number of benzene rings is 1. The van der Waals surface area contributed by atoms with Crippen molar-refractivity contribution in [2.24, 2.45) is 11.7 Å². The van der Waals surface area contributed by atoms with Gasteiger partial charge in [-0.2, -0.15) is 0 Å². The Morgan fingerprint density at radius 1 is 1.23 bits per heavy atom. The van der Waals surface area contributed by atoms with Crippen molar-refractivity contribution in [1.82, 2.24) is 20.1 Å². The molecule has 0 saturated carbocycles.